The minimum Gasteiger partial charge on any atom is -0.464 e. The average Bonchev–Trinajstić information content (AvgIpc) is 2.62. The Hall–Kier alpha value is -2.59. The minimum atomic E-state index is -0.717. The van der Waals surface area contributed by atoms with Gasteiger partial charge in [-0.15, -0.1) is 10.2 Å². The van der Waals surface area contributed by atoms with Crippen molar-refractivity contribution in [3.8, 4) is 0 Å². The van der Waals surface area contributed by atoms with Crippen molar-refractivity contribution in [1.29, 1.82) is 0 Å². The summed E-state index contributed by atoms with van der Waals surface area (Å²) in [5, 5.41) is 10.2. The van der Waals surface area contributed by atoms with E-state index in [1.54, 1.807) is 0 Å². The molecule has 1 aliphatic rings. The summed E-state index contributed by atoms with van der Waals surface area (Å²) < 4.78 is 24.4. The van der Waals surface area contributed by atoms with Gasteiger partial charge in [0.2, 0.25) is 5.95 Å². The van der Waals surface area contributed by atoms with Crippen LogP contribution in [0.4, 0.5) is 22.0 Å². The zero-order valence-corrected chi connectivity index (χ0v) is 15.7. The molecule has 0 amide bonds. The summed E-state index contributed by atoms with van der Waals surface area (Å²) in [5.41, 5.74) is -0.134. The maximum Gasteiger partial charge on any atom is 0.360 e. The van der Waals surface area contributed by atoms with Gasteiger partial charge in [-0.05, 0) is 13.8 Å². The lowest BCUT2D eigenvalue weighted by Gasteiger charge is -2.35. The van der Waals surface area contributed by atoms with Gasteiger partial charge in [-0.2, -0.15) is 4.98 Å². The third-order valence-corrected chi connectivity index (χ3v) is 4.09. The zero-order chi connectivity index (χ0) is 19.6. The van der Waals surface area contributed by atoms with Crippen molar-refractivity contribution in [2.24, 2.45) is 0 Å². The number of esters is 1. The van der Waals surface area contributed by atoms with E-state index >= 15 is 0 Å². The van der Waals surface area contributed by atoms with Crippen LogP contribution < -0.4 is 10.2 Å². The van der Waals surface area contributed by atoms with Crippen molar-refractivity contribution in [2.45, 2.75) is 26.1 Å². The summed E-state index contributed by atoms with van der Waals surface area (Å²) in [6, 6.07) is 1.33. The van der Waals surface area contributed by atoms with E-state index in [0.717, 1.165) is 6.20 Å². The molecular weight excluding hydrogens is 379 g/mol. The summed E-state index contributed by atoms with van der Waals surface area (Å²) in [7, 11) is 1.21. The van der Waals surface area contributed by atoms with Gasteiger partial charge in [-0.25, -0.2) is 14.2 Å². The van der Waals surface area contributed by atoms with Crippen LogP contribution in [0.25, 0.3) is 0 Å². The van der Waals surface area contributed by atoms with E-state index in [1.807, 2.05) is 18.7 Å². The second kappa shape index (κ2) is 7.97. The van der Waals surface area contributed by atoms with Crippen molar-refractivity contribution in [3.05, 3.63) is 28.8 Å². The number of nitrogens with zero attached hydrogens (tertiary/aromatic N) is 5. The molecule has 2 aromatic heterocycles. The molecule has 0 aromatic carbocycles. The Balaban J connectivity index is 1.83. The molecule has 0 saturated carbocycles. The first-order valence-electron chi connectivity index (χ1n) is 8.19. The predicted octanol–water partition coefficient (Wildman–Crippen LogP) is 2.20. The molecule has 1 aliphatic heterocycles. The van der Waals surface area contributed by atoms with E-state index in [4.69, 9.17) is 16.3 Å². The van der Waals surface area contributed by atoms with Gasteiger partial charge in [0.15, 0.2) is 23.1 Å². The van der Waals surface area contributed by atoms with Gasteiger partial charge >= 0.3 is 5.97 Å². The highest BCUT2D eigenvalue weighted by Crippen LogP contribution is 2.23. The Morgan fingerprint density at radius 3 is 2.70 bits per heavy atom. The molecule has 144 valence electrons. The average molecular weight is 397 g/mol. The van der Waals surface area contributed by atoms with Gasteiger partial charge in [-0.3, -0.25) is 0 Å². The summed E-state index contributed by atoms with van der Waals surface area (Å²) in [5.74, 6) is -0.970. The number of nitrogens with one attached hydrogen (secondary N) is 1. The topological polar surface area (TPSA) is 102 Å². The number of aromatic nitrogens is 4. The van der Waals surface area contributed by atoms with Crippen LogP contribution in [0.1, 0.15) is 24.3 Å². The molecule has 11 heteroatoms. The summed E-state index contributed by atoms with van der Waals surface area (Å²) in [4.78, 5) is 21.7. The number of morpholine rings is 1. The number of carbonyl (C=O) groups is 1. The number of methoxy groups -OCH3 is 1. The van der Waals surface area contributed by atoms with Crippen LogP contribution in [-0.2, 0) is 9.47 Å². The summed E-state index contributed by atoms with van der Waals surface area (Å²) in [6.45, 7) is 5.08. The van der Waals surface area contributed by atoms with Crippen molar-refractivity contribution >= 4 is 35.2 Å². The smallest absolute Gasteiger partial charge is 0.360 e. The summed E-state index contributed by atoms with van der Waals surface area (Å²) >= 11 is 6.00. The molecule has 2 atom stereocenters. The molecule has 1 N–H and O–H groups in total. The number of ether oxygens (including phenoxy) is 2. The Morgan fingerprint density at radius 1 is 1.37 bits per heavy atom. The summed E-state index contributed by atoms with van der Waals surface area (Å²) in [6.07, 6.45) is 1.09. The number of anilines is 3. The number of carbonyl (C=O) groups excluding carboxylic acids is 1. The molecule has 0 bridgehead atoms. The second-order valence-corrected chi connectivity index (χ2v) is 6.48. The molecule has 2 aromatic rings. The van der Waals surface area contributed by atoms with E-state index in [-0.39, 0.29) is 34.6 Å². The standard InChI is InChI=1S/C16H18ClFN6O3/c1-8-6-24(7-9(2)27-8)16-19-5-11(18)14(21-16)20-12-4-10(17)13(23-22-12)15(25)26-3/h4-5,8-9H,6-7H2,1-3H3,(H,19,20,21,22)/t8-,9+. The van der Waals surface area contributed by atoms with E-state index in [2.05, 4.69) is 30.2 Å². The van der Waals surface area contributed by atoms with Crippen molar-refractivity contribution < 1.29 is 18.7 Å². The fourth-order valence-electron chi connectivity index (χ4n) is 2.73. The first-order chi connectivity index (χ1) is 12.9. The number of hydrogen-bond acceptors (Lipinski definition) is 9. The SMILES string of the molecule is COC(=O)c1nnc(Nc2nc(N3C[C@@H](C)O[C@@H](C)C3)ncc2F)cc1Cl. The lowest BCUT2D eigenvalue weighted by atomic mass is 10.2. The van der Waals surface area contributed by atoms with Gasteiger partial charge in [0.05, 0.1) is 30.5 Å². The van der Waals surface area contributed by atoms with Crippen molar-refractivity contribution in [3.63, 3.8) is 0 Å². The van der Waals surface area contributed by atoms with E-state index < -0.39 is 11.8 Å². The Kier molecular flexibility index (Phi) is 5.66. The van der Waals surface area contributed by atoms with Gasteiger partial charge in [-0.1, -0.05) is 11.6 Å². The highest BCUT2D eigenvalue weighted by atomic mass is 35.5. The van der Waals surface area contributed by atoms with E-state index in [0.29, 0.717) is 19.0 Å². The van der Waals surface area contributed by atoms with Crippen LogP contribution in [0.2, 0.25) is 5.02 Å². The van der Waals surface area contributed by atoms with Crippen LogP contribution in [0.3, 0.4) is 0 Å². The van der Waals surface area contributed by atoms with Crippen LogP contribution >= 0.6 is 11.6 Å². The monoisotopic (exact) mass is 396 g/mol. The van der Waals surface area contributed by atoms with E-state index in [9.17, 15) is 9.18 Å². The Labute approximate surface area is 159 Å². The first kappa shape index (κ1) is 19.2. The molecule has 9 nitrogen and oxygen atoms in total. The number of hydrogen-bond donors (Lipinski definition) is 1. The molecule has 27 heavy (non-hydrogen) atoms. The van der Waals surface area contributed by atoms with Gasteiger partial charge < -0.3 is 19.7 Å². The third kappa shape index (κ3) is 4.40. The zero-order valence-electron chi connectivity index (χ0n) is 14.9. The van der Waals surface area contributed by atoms with Gasteiger partial charge in [0, 0.05) is 19.2 Å². The molecule has 3 heterocycles. The largest absolute Gasteiger partial charge is 0.464 e. The highest BCUT2D eigenvalue weighted by molar-refractivity contribution is 6.33. The molecule has 0 unspecified atom stereocenters. The Bertz CT molecular complexity index is 845. The third-order valence-electron chi connectivity index (χ3n) is 3.81. The van der Waals surface area contributed by atoms with Gasteiger partial charge in [0.1, 0.15) is 0 Å². The maximum atomic E-state index is 14.2. The van der Waals surface area contributed by atoms with Crippen LogP contribution in [0.5, 0.6) is 0 Å². The fourth-order valence-corrected chi connectivity index (χ4v) is 2.94. The fraction of sp³-hybridized carbons (Fsp3) is 0.438. The maximum absolute atomic E-state index is 14.2. The molecule has 0 radical (unpaired) electrons. The molecule has 0 spiro atoms. The van der Waals surface area contributed by atoms with Crippen LogP contribution in [0.15, 0.2) is 12.3 Å². The number of halogens is 2. The van der Waals surface area contributed by atoms with Crippen LogP contribution in [0, 0.1) is 5.82 Å². The van der Waals surface area contributed by atoms with Crippen molar-refractivity contribution in [1.82, 2.24) is 20.2 Å². The molecule has 3 rings (SSSR count). The van der Waals surface area contributed by atoms with Gasteiger partial charge in [0.25, 0.3) is 0 Å². The molecule has 1 saturated heterocycles. The van der Waals surface area contributed by atoms with Crippen molar-refractivity contribution in [2.75, 3.05) is 30.4 Å². The Morgan fingerprint density at radius 2 is 2.07 bits per heavy atom. The normalized spacial score (nSPS) is 19.7. The lowest BCUT2D eigenvalue weighted by molar-refractivity contribution is -0.00572. The molecular formula is C16H18ClFN6O3. The molecule has 0 aliphatic carbocycles. The quantitative estimate of drug-likeness (QED) is 0.779. The highest BCUT2D eigenvalue weighted by Gasteiger charge is 2.25. The number of rotatable bonds is 4. The predicted molar refractivity (Wildman–Crippen MR) is 95.9 cm³/mol. The van der Waals surface area contributed by atoms with E-state index in [1.165, 1.54) is 13.2 Å². The molecule has 1 fully saturated rings. The van der Waals surface area contributed by atoms with Crippen LogP contribution in [-0.4, -0.2) is 58.5 Å². The lowest BCUT2D eigenvalue weighted by Crippen LogP contribution is -2.46. The minimum absolute atomic E-state index is 0.00866. The first-order valence-corrected chi connectivity index (χ1v) is 8.56. The second-order valence-electron chi connectivity index (χ2n) is 6.07.